The number of esters is 1. The van der Waals surface area contributed by atoms with Gasteiger partial charge in [0.25, 0.3) is 0 Å². The number of aliphatic hydroxyl groups is 2. The third-order valence-corrected chi connectivity index (χ3v) is 11.0. The summed E-state index contributed by atoms with van der Waals surface area (Å²) in [5.41, 5.74) is 0. The molecule has 0 spiro atoms. The van der Waals surface area contributed by atoms with Crippen LogP contribution in [0.15, 0.2) is 0 Å². The van der Waals surface area contributed by atoms with Gasteiger partial charge in [0, 0.05) is 13.0 Å². The summed E-state index contributed by atoms with van der Waals surface area (Å²) in [4.78, 5) is 22.6. The van der Waals surface area contributed by atoms with Gasteiger partial charge in [0.15, 0.2) is 0 Å². The number of phosphoric acid groups is 1. The normalized spacial score (nSPS) is 14.0. The molecule has 0 saturated heterocycles. The highest BCUT2D eigenvalue weighted by atomic mass is 31.2. The zero-order valence-electron chi connectivity index (χ0n) is 34.8. The van der Waals surface area contributed by atoms with E-state index in [9.17, 15) is 19.4 Å². The van der Waals surface area contributed by atoms with Gasteiger partial charge < -0.3 is 24.6 Å². The second-order valence-electron chi connectivity index (χ2n) is 15.4. The maximum absolute atomic E-state index is 12.6. The molecule has 3 atom stereocenters. The summed E-state index contributed by atoms with van der Waals surface area (Å²) in [5, 5.41) is 18.3. The van der Waals surface area contributed by atoms with E-state index < -0.39 is 33.2 Å². The summed E-state index contributed by atoms with van der Waals surface area (Å²) in [6.45, 7) is 3.58. The second-order valence-corrected chi connectivity index (χ2v) is 16.9. The molecule has 318 valence electrons. The van der Waals surface area contributed by atoms with Gasteiger partial charge in [0.05, 0.1) is 26.4 Å². The lowest BCUT2D eigenvalue weighted by molar-refractivity contribution is -0.154. The van der Waals surface area contributed by atoms with Crippen LogP contribution in [0.25, 0.3) is 0 Å². The van der Waals surface area contributed by atoms with Crippen LogP contribution in [0.3, 0.4) is 0 Å². The van der Waals surface area contributed by atoms with Crippen LogP contribution in [0.5, 0.6) is 0 Å². The SMILES string of the molecule is CCCCCCCCCCCCCCCCCCCCCOCC(COP(=O)(O)OCC(O)CO)OC(=O)CCCCCCCCCCCCCCC. The van der Waals surface area contributed by atoms with Gasteiger partial charge in [-0.15, -0.1) is 0 Å². The molecule has 3 unspecified atom stereocenters. The van der Waals surface area contributed by atoms with Crippen LogP contribution < -0.4 is 0 Å². The maximum atomic E-state index is 12.6. The smallest absolute Gasteiger partial charge is 0.457 e. The third kappa shape index (κ3) is 40.9. The first kappa shape index (κ1) is 52.5. The third-order valence-electron chi connectivity index (χ3n) is 10.0. The van der Waals surface area contributed by atoms with E-state index in [1.54, 1.807) is 0 Å². The van der Waals surface area contributed by atoms with Gasteiger partial charge in [0.1, 0.15) is 12.2 Å². The zero-order valence-corrected chi connectivity index (χ0v) is 35.7. The highest BCUT2D eigenvalue weighted by Gasteiger charge is 2.26. The predicted octanol–water partition coefficient (Wildman–Crippen LogP) is 12.3. The second kappa shape index (κ2) is 41.1. The van der Waals surface area contributed by atoms with Gasteiger partial charge in [-0.1, -0.05) is 206 Å². The Balaban J connectivity index is 4.06. The molecule has 0 fully saturated rings. The van der Waals surface area contributed by atoms with E-state index in [1.807, 2.05) is 0 Å². The van der Waals surface area contributed by atoms with E-state index in [0.717, 1.165) is 32.1 Å². The van der Waals surface area contributed by atoms with Crippen molar-refractivity contribution in [3.63, 3.8) is 0 Å². The van der Waals surface area contributed by atoms with E-state index in [-0.39, 0.29) is 25.6 Å². The summed E-state index contributed by atoms with van der Waals surface area (Å²) < 4.78 is 33.4. The Labute approximate surface area is 327 Å². The molecule has 0 rings (SSSR count). The number of ether oxygens (including phenoxy) is 2. The molecule has 0 aromatic rings. The Morgan fingerprint density at radius 3 is 1.23 bits per heavy atom. The van der Waals surface area contributed by atoms with Crippen LogP contribution in [0, 0.1) is 0 Å². The van der Waals surface area contributed by atoms with Crippen LogP contribution in [-0.2, 0) is 27.9 Å². The fraction of sp³-hybridized carbons (Fsp3) is 0.977. The Morgan fingerprint density at radius 2 is 0.849 bits per heavy atom. The van der Waals surface area contributed by atoms with E-state index in [0.29, 0.717) is 6.61 Å². The summed E-state index contributed by atoms with van der Waals surface area (Å²) in [5.74, 6) is -0.377. The lowest BCUT2D eigenvalue weighted by Crippen LogP contribution is -2.29. The average Bonchev–Trinajstić information content (AvgIpc) is 3.15. The molecular weight excluding hydrogens is 691 g/mol. The van der Waals surface area contributed by atoms with Crippen molar-refractivity contribution in [1.29, 1.82) is 0 Å². The standard InChI is InChI=1S/C43H87O9P/c1-3-5-7-9-11-13-15-17-18-19-20-21-22-24-26-28-30-32-34-36-49-39-42(40-51-53(47,48)50-38-41(45)37-44)52-43(46)35-33-31-29-27-25-23-16-14-12-10-8-6-4-2/h41-42,44-45H,3-40H2,1-2H3,(H,47,48). The number of carbonyl (C=O) groups is 1. The number of phosphoric ester groups is 1. The number of aliphatic hydroxyl groups excluding tert-OH is 2. The number of carbonyl (C=O) groups excluding carboxylic acids is 1. The molecule has 0 aliphatic heterocycles. The molecule has 0 aromatic heterocycles. The highest BCUT2D eigenvalue weighted by molar-refractivity contribution is 7.47. The number of hydrogen-bond acceptors (Lipinski definition) is 8. The first-order valence-electron chi connectivity index (χ1n) is 22.5. The molecule has 0 saturated carbocycles. The minimum Gasteiger partial charge on any atom is -0.457 e. The van der Waals surface area contributed by atoms with Crippen molar-refractivity contribution in [2.24, 2.45) is 0 Å². The van der Waals surface area contributed by atoms with Crippen molar-refractivity contribution in [2.45, 2.75) is 238 Å². The lowest BCUT2D eigenvalue weighted by atomic mass is 10.0. The van der Waals surface area contributed by atoms with Gasteiger partial charge in [0.2, 0.25) is 0 Å². The van der Waals surface area contributed by atoms with Crippen molar-refractivity contribution in [3.8, 4) is 0 Å². The summed E-state index contributed by atoms with van der Waals surface area (Å²) in [7, 11) is -4.51. The molecular formula is C43H87O9P. The maximum Gasteiger partial charge on any atom is 0.472 e. The van der Waals surface area contributed by atoms with Crippen molar-refractivity contribution in [2.75, 3.05) is 33.0 Å². The van der Waals surface area contributed by atoms with Crippen molar-refractivity contribution < 1.29 is 43.0 Å². The largest absolute Gasteiger partial charge is 0.472 e. The Bertz CT molecular complexity index is 800. The van der Waals surface area contributed by atoms with Crippen molar-refractivity contribution in [1.82, 2.24) is 0 Å². The van der Waals surface area contributed by atoms with Crippen molar-refractivity contribution in [3.05, 3.63) is 0 Å². The summed E-state index contributed by atoms with van der Waals surface area (Å²) in [6, 6.07) is 0. The molecule has 10 heteroatoms. The van der Waals surface area contributed by atoms with E-state index in [1.165, 1.54) is 173 Å². The fourth-order valence-corrected chi connectivity index (χ4v) is 7.38. The Kier molecular flexibility index (Phi) is 40.7. The highest BCUT2D eigenvalue weighted by Crippen LogP contribution is 2.43. The molecule has 53 heavy (non-hydrogen) atoms. The van der Waals surface area contributed by atoms with Crippen molar-refractivity contribution >= 4 is 13.8 Å². The molecule has 0 aliphatic rings. The van der Waals surface area contributed by atoms with E-state index in [4.69, 9.17) is 23.6 Å². The summed E-state index contributed by atoms with van der Waals surface area (Å²) >= 11 is 0. The van der Waals surface area contributed by atoms with E-state index >= 15 is 0 Å². The van der Waals surface area contributed by atoms with Crippen LogP contribution in [-0.4, -0.2) is 66.3 Å². The van der Waals surface area contributed by atoms with Crippen LogP contribution in [0.4, 0.5) is 0 Å². The quantitative estimate of drug-likeness (QED) is 0.0314. The number of rotatable bonds is 44. The Morgan fingerprint density at radius 1 is 0.509 bits per heavy atom. The molecule has 0 radical (unpaired) electrons. The lowest BCUT2D eigenvalue weighted by Gasteiger charge is -2.20. The molecule has 9 nitrogen and oxygen atoms in total. The first-order chi connectivity index (χ1) is 25.8. The van der Waals surface area contributed by atoms with Gasteiger partial charge in [-0.25, -0.2) is 4.57 Å². The minimum absolute atomic E-state index is 0.0582. The van der Waals surface area contributed by atoms with Gasteiger partial charge >= 0.3 is 13.8 Å². The molecule has 0 heterocycles. The minimum atomic E-state index is -4.51. The summed E-state index contributed by atoms with van der Waals surface area (Å²) in [6.07, 6.45) is 39.2. The first-order valence-corrected chi connectivity index (χ1v) is 24.0. The number of unbranched alkanes of at least 4 members (excludes halogenated alkanes) is 30. The van der Waals surface area contributed by atoms with Gasteiger partial charge in [-0.3, -0.25) is 13.8 Å². The zero-order chi connectivity index (χ0) is 38.9. The molecule has 0 aliphatic carbocycles. The van der Waals surface area contributed by atoms with Gasteiger partial charge in [-0.2, -0.15) is 0 Å². The topological polar surface area (TPSA) is 132 Å². The molecule has 3 N–H and O–H groups in total. The predicted molar refractivity (Wildman–Crippen MR) is 219 cm³/mol. The fourth-order valence-electron chi connectivity index (χ4n) is 6.59. The number of hydrogen-bond donors (Lipinski definition) is 3. The molecule has 0 amide bonds. The van der Waals surface area contributed by atoms with Crippen LogP contribution >= 0.6 is 7.82 Å². The monoisotopic (exact) mass is 779 g/mol. The van der Waals surface area contributed by atoms with Crippen LogP contribution in [0.1, 0.15) is 226 Å². The Hall–Kier alpha value is -0.540. The van der Waals surface area contributed by atoms with Gasteiger partial charge in [-0.05, 0) is 12.8 Å². The molecule has 0 bridgehead atoms. The molecule has 0 aromatic carbocycles. The van der Waals surface area contributed by atoms with E-state index in [2.05, 4.69) is 13.8 Å². The average molecular weight is 779 g/mol. The van der Waals surface area contributed by atoms with Crippen LogP contribution in [0.2, 0.25) is 0 Å².